The minimum Gasteiger partial charge on any atom is -0.377 e. The molecule has 1 aromatic heterocycles. The maximum atomic E-state index is 13.8. The van der Waals surface area contributed by atoms with Gasteiger partial charge in [0.15, 0.2) is 0 Å². The van der Waals surface area contributed by atoms with E-state index in [9.17, 15) is 4.39 Å². The Morgan fingerprint density at radius 3 is 2.92 bits per heavy atom. The maximum Gasteiger partial charge on any atom is 0.241 e. The molecule has 0 unspecified atom stereocenters. The third-order valence-corrected chi connectivity index (χ3v) is 4.22. The van der Waals surface area contributed by atoms with Crippen LogP contribution in [-0.2, 0) is 11.3 Å². The van der Waals surface area contributed by atoms with Gasteiger partial charge in [-0.05, 0) is 44.4 Å². The van der Waals surface area contributed by atoms with Crippen LogP contribution in [0, 0.1) is 5.82 Å². The van der Waals surface area contributed by atoms with Crippen molar-refractivity contribution in [3.05, 3.63) is 36.0 Å². The van der Waals surface area contributed by atoms with Crippen LogP contribution in [0.5, 0.6) is 0 Å². The fraction of sp³-hybridized carbons (Fsp3) is 0.556. The molecule has 6 heteroatoms. The van der Waals surface area contributed by atoms with Gasteiger partial charge in [0.05, 0.1) is 18.2 Å². The molecule has 2 heterocycles. The summed E-state index contributed by atoms with van der Waals surface area (Å²) < 4.78 is 25.0. The van der Waals surface area contributed by atoms with Crippen LogP contribution in [0.15, 0.2) is 28.8 Å². The summed E-state index contributed by atoms with van der Waals surface area (Å²) in [6.45, 7) is 5.37. The predicted molar refractivity (Wildman–Crippen MR) is 88.9 cm³/mol. The van der Waals surface area contributed by atoms with Gasteiger partial charge >= 0.3 is 0 Å². The lowest BCUT2D eigenvalue weighted by Crippen LogP contribution is -2.36. The fourth-order valence-electron chi connectivity index (χ4n) is 3.05. The molecular weight excluding hydrogens is 309 g/mol. The van der Waals surface area contributed by atoms with E-state index in [-0.39, 0.29) is 11.9 Å². The standard InChI is InChI=1S/C18H24FN3O2/c1-2-10-22(12-14-7-5-6-11-23-14)13-17-20-18(21-24-17)15-8-3-4-9-16(15)19/h3-4,8-9,14H,2,5-7,10-13H2,1H3/t14-/m1/s1. The molecule has 0 aliphatic carbocycles. The van der Waals surface area contributed by atoms with E-state index in [1.54, 1.807) is 18.2 Å². The molecule has 5 nitrogen and oxygen atoms in total. The van der Waals surface area contributed by atoms with Gasteiger partial charge in [0, 0.05) is 13.2 Å². The van der Waals surface area contributed by atoms with Crippen molar-refractivity contribution in [3.8, 4) is 11.4 Å². The van der Waals surface area contributed by atoms with E-state index in [0.29, 0.717) is 23.8 Å². The van der Waals surface area contributed by atoms with E-state index < -0.39 is 0 Å². The highest BCUT2D eigenvalue weighted by Gasteiger charge is 2.20. The largest absolute Gasteiger partial charge is 0.377 e. The second-order valence-corrected chi connectivity index (χ2v) is 6.22. The van der Waals surface area contributed by atoms with Crippen LogP contribution in [0.2, 0.25) is 0 Å². The molecule has 1 fully saturated rings. The molecular formula is C18H24FN3O2. The van der Waals surface area contributed by atoms with E-state index in [1.165, 1.54) is 12.5 Å². The Kier molecular flexibility index (Phi) is 5.93. The van der Waals surface area contributed by atoms with Crippen LogP contribution in [0.3, 0.4) is 0 Å². The molecule has 2 aromatic rings. The molecule has 0 spiro atoms. The SMILES string of the molecule is CCCN(Cc1nc(-c2ccccc2F)no1)C[C@H]1CCCCO1. The second-order valence-electron chi connectivity index (χ2n) is 6.22. The first-order chi connectivity index (χ1) is 11.8. The summed E-state index contributed by atoms with van der Waals surface area (Å²) in [5.74, 6) is 0.469. The van der Waals surface area contributed by atoms with E-state index >= 15 is 0 Å². The molecule has 0 bridgehead atoms. The first-order valence-electron chi connectivity index (χ1n) is 8.67. The maximum absolute atomic E-state index is 13.8. The highest BCUT2D eigenvalue weighted by molar-refractivity contribution is 5.54. The molecule has 0 radical (unpaired) electrons. The summed E-state index contributed by atoms with van der Waals surface area (Å²) in [7, 11) is 0. The molecule has 1 aliphatic rings. The van der Waals surface area contributed by atoms with Gasteiger partial charge in [-0.15, -0.1) is 0 Å². The number of ether oxygens (including phenoxy) is 1. The highest BCUT2D eigenvalue weighted by atomic mass is 19.1. The van der Waals surface area contributed by atoms with Crippen molar-refractivity contribution in [2.45, 2.75) is 45.3 Å². The lowest BCUT2D eigenvalue weighted by molar-refractivity contribution is -0.00861. The van der Waals surface area contributed by atoms with Crippen LogP contribution in [-0.4, -0.2) is 40.8 Å². The van der Waals surface area contributed by atoms with Gasteiger partial charge in [-0.25, -0.2) is 4.39 Å². The summed E-state index contributed by atoms with van der Waals surface area (Å²) in [6.07, 6.45) is 4.80. The molecule has 1 saturated heterocycles. The Labute approximate surface area is 141 Å². The van der Waals surface area contributed by atoms with E-state index in [4.69, 9.17) is 9.26 Å². The first-order valence-corrected chi connectivity index (χ1v) is 8.67. The van der Waals surface area contributed by atoms with Crippen molar-refractivity contribution in [3.63, 3.8) is 0 Å². The molecule has 0 N–H and O–H groups in total. The zero-order valence-electron chi connectivity index (χ0n) is 14.1. The topological polar surface area (TPSA) is 51.4 Å². The van der Waals surface area contributed by atoms with Crippen molar-refractivity contribution < 1.29 is 13.7 Å². The monoisotopic (exact) mass is 333 g/mol. The quantitative estimate of drug-likeness (QED) is 0.774. The number of halogens is 1. The zero-order chi connectivity index (χ0) is 16.8. The molecule has 1 aliphatic heterocycles. The zero-order valence-corrected chi connectivity index (χ0v) is 14.1. The number of hydrogen-bond acceptors (Lipinski definition) is 5. The van der Waals surface area contributed by atoms with Gasteiger partial charge in [-0.2, -0.15) is 4.98 Å². The summed E-state index contributed by atoms with van der Waals surface area (Å²) in [5.41, 5.74) is 0.366. The van der Waals surface area contributed by atoms with Crippen LogP contribution in [0.1, 0.15) is 38.5 Å². The average molecular weight is 333 g/mol. The summed E-state index contributed by atoms with van der Waals surface area (Å²) in [5, 5.41) is 3.92. The van der Waals surface area contributed by atoms with Crippen LogP contribution in [0.25, 0.3) is 11.4 Å². The highest BCUT2D eigenvalue weighted by Crippen LogP contribution is 2.20. The van der Waals surface area contributed by atoms with E-state index in [2.05, 4.69) is 22.0 Å². The Bertz CT molecular complexity index is 641. The van der Waals surface area contributed by atoms with Gasteiger partial charge in [0.1, 0.15) is 5.82 Å². The number of aromatic nitrogens is 2. The van der Waals surface area contributed by atoms with Crippen molar-refractivity contribution in [1.82, 2.24) is 15.0 Å². The van der Waals surface area contributed by atoms with E-state index in [0.717, 1.165) is 39.0 Å². The molecule has 1 aromatic carbocycles. The first kappa shape index (κ1) is 17.0. The Hall–Kier alpha value is -1.79. The molecule has 3 rings (SSSR count). The summed E-state index contributed by atoms with van der Waals surface area (Å²) >= 11 is 0. The Morgan fingerprint density at radius 1 is 1.29 bits per heavy atom. The second kappa shape index (κ2) is 8.35. The van der Waals surface area contributed by atoms with Crippen molar-refractivity contribution in [2.75, 3.05) is 19.7 Å². The number of nitrogens with zero attached hydrogens (tertiary/aromatic N) is 3. The average Bonchev–Trinajstić information content (AvgIpc) is 3.05. The Balaban J connectivity index is 1.65. The predicted octanol–water partition coefficient (Wildman–Crippen LogP) is 3.66. The molecule has 130 valence electrons. The van der Waals surface area contributed by atoms with Crippen LogP contribution >= 0.6 is 0 Å². The van der Waals surface area contributed by atoms with Crippen molar-refractivity contribution in [1.29, 1.82) is 0 Å². The smallest absolute Gasteiger partial charge is 0.241 e. The van der Waals surface area contributed by atoms with Gasteiger partial charge < -0.3 is 9.26 Å². The van der Waals surface area contributed by atoms with Crippen molar-refractivity contribution in [2.24, 2.45) is 0 Å². The molecule has 24 heavy (non-hydrogen) atoms. The molecule has 1 atom stereocenters. The summed E-state index contributed by atoms with van der Waals surface area (Å²) in [6, 6.07) is 6.46. The number of hydrogen-bond donors (Lipinski definition) is 0. The minimum atomic E-state index is -0.342. The van der Waals surface area contributed by atoms with Gasteiger partial charge in [-0.1, -0.05) is 24.2 Å². The minimum absolute atomic E-state index is 0.277. The fourth-order valence-corrected chi connectivity index (χ4v) is 3.05. The lowest BCUT2D eigenvalue weighted by Gasteiger charge is -2.28. The van der Waals surface area contributed by atoms with Crippen molar-refractivity contribution >= 4 is 0 Å². The number of benzene rings is 1. The molecule has 0 saturated carbocycles. The third kappa shape index (κ3) is 4.39. The van der Waals surface area contributed by atoms with Gasteiger partial charge in [-0.3, -0.25) is 4.90 Å². The normalized spacial score (nSPS) is 18.2. The number of rotatable bonds is 7. The van der Waals surface area contributed by atoms with Gasteiger partial charge in [0.25, 0.3) is 0 Å². The lowest BCUT2D eigenvalue weighted by atomic mass is 10.1. The molecule has 0 amide bonds. The third-order valence-electron chi connectivity index (χ3n) is 4.22. The summed E-state index contributed by atoms with van der Waals surface area (Å²) in [4.78, 5) is 6.63. The van der Waals surface area contributed by atoms with E-state index in [1.807, 2.05) is 0 Å². The van der Waals surface area contributed by atoms with Gasteiger partial charge in [0.2, 0.25) is 11.7 Å². The van der Waals surface area contributed by atoms with Crippen LogP contribution < -0.4 is 0 Å². The van der Waals surface area contributed by atoms with Crippen LogP contribution in [0.4, 0.5) is 4.39 Å². The Morgan fingerprint density at radius 2 is 2.17 bits per heavy atom.